The normalized spacial score (nSPS) is 11.7. The molecule has 2 heterocycles. The third kappa shape index (κ3) is 18.8. The zero-order chi connectivity index (χ0) is 68.2. The number of fused-ring (bicyclic) bond motifs is 2. The van der Waals surface area contributed by atoms with Gasteiger partial charge in [-0.1, -0.05) is 60.7 Å². The number of aromatic hydroxyl groups is 2. The van der Waals surface area contributed by atoms with E-state index in [4.69, 9.17) is 11.5 Å². The average molecular weight is 1480 g/mol. The van der Waals surface area contributed by atoms with Crippen LogP contribution in [0, 0.1) is 20.2 Å². The third-order valence-corrected chi connectivity index (χ3v) is 16.6. The summed E-state index contributed by atoms with van der Waals surface area (Å²) in [7, 11) is -19.3. The van der Waals surface area contributed by atoms with E-state index >= 15 is 0 Å². The number of phenols is 2. The molecule has 38 nitrogen and oxygen atoms in total. The number of nitrogens with two attached hydrogens (primary N) is 2. The molecule has 0 saturated carbocycles. The molecule has 0 amide bonds. The number of nitro benzene ring substituents is 2. The minimum atomic E-state index is -5.26. The number of sulfonamides is 2. The van der Waals surface area contributed by atoms with E-state index in [0.29, 0.717) is 22.9 Å². The largest absolute Gasteiger partial charge is 3.00 e. The number of nitrogen functional groups attached to an aromatic ring is 2. The Bertz CT molecular complexity index is 5010. The molecule has 0 aliphatic heterocycles. The molecule has 8 N–H and O–H groups in total. The minimum absolute atomic E-state index is 0. The van der Waals surface area contributed by atoms with Crippen LogP contribution >= 0.6 is 0 Å². The summed E-state index contributed by atoms with van der Waals surface area (Å²) in [5.41, 5.74) is 6.03. The number of nitrogens with one attached hydrogen (secondary N) is 2. The molecule has 0 saturated heterocycles. The van der Waals surface area contributed by atoms with Gasteiger partial charge >= 0.3 is 106 Å². The van der Waals surface area contributed by atoms with E-state index in [9.17, 15) is 93.6 Å². The molecule has 46 heteroatoms. The van der Waals surface area contributed by atoms with Crippen molar-refractivity contribution in [2.24, 2.45) is 40.9 Å². The molecule has 0 bridgehead atoms. The molecular formula is C52H32CrN18Na3O20S4. The average Bonchev–Trinajstić information content (AvgIpc) is 0.814. The van der Waals surface area contributed by atoms with Crippen molar-refractivity contribution in [1.29, 1.82) is 0 Å². The first kappa shape index (κ1) is 79.6. The molecule has 483 valence electrons. The second-order valence-electron chi connectivity index (χ2n) is 18.5. The fraction of sp³-hybridized carbons (Fsp3) is 0. The van der Waals surface area contributed by atoms with Gasteiger partial charge in [0.15, 0.2) is 11.6 Å². The molecule has 0 spiro atoms. The molecule has 10 rings (SSSR count). The molecule has 0 fully saturated rings. The Morgan fingerprint density at radius 2 is 0.745 bits per heavy atom. The van der Waals surface area contributed by atoms with Crippen molar-refractivity contribution in [3.05, 3.63) is 166 Å². The van der Waals surface area contributed by atoms with Gasteiger partial charge in [-0.25, -0.2) is 53.1 Å². The first-order valence-corrected chi connectivity index (χ1v) is 31.0. The van der Waals surface area contributed by atoms with Crippen molar-refractivity contribution < 1.29 is 189 Å². The van der Waals surface area contributed by atoms with Gasteiger partial charge in [0.2, 0.25) is 11.9 Å². The van der Waals surface area contributed by atoms with Crippen molar-refractivity contribution in [3.63, 3.8) is 0 Å². The van der Waals surface area contributed by atoms with E-state index in [-0.39, 0.29) is 162 Å². The van der Waals surface area contributed by atoms with Crippen LogP contribution in [0.4, 0.5) is 80.4 Å². The van der Waals surface area contributed by atoms with Crippen molar-refractivity contribution >= 4 is 142 Å². The van der Waals surface area contributed by atoms with Crippen LogP contribution in [-0.4, -0.2) is 82.8 Å². The van der Waals surface area contributed by atoms with Gasteiger partial charge in [0.1, 0.15) is 54.5 Å². The monoisotopic (exact) mass is 1480 g/mol. The van der Waals surface area contributed by atoms with Gasteiger partial charge in [0.25, 0.3) is 31.4 Å². The molecule has 0 aliphatic carbocycles. The maximum absolute atomic E-state index is 12.9. The number of nitro groups is 2. The van der Waals surface area contributed by atoms with E-state index in [1.54, 1.807) is 36.4 Å². The van der Waals surface area contributed by atoms with E-state index in [2.05, 4.69) is 60.8 Å². The maximum Gasteiger partial charge on any atom is 3.00 e. The summed E-state index contributed by atoms with van der Waals surface area (Å²) in [5, 5.41) is 125. The SMILES string of the molecule is Nc1nc(NS(=O)(=O)c2ccc(N=Nc3c(O)ccc4ccccc34)cc2)nc([O-])c1N=Nc1cc(S(=O)(=O)[O-])cc([N+](=O)[O-])c1[O-].Nc1nc(NS(=O)(=O)c2ccc(N=Nc3c(O)ccc4ccccc34)cc2)nc([O-])c1N=Nc1cc(S(=O)(=O)[O-])cc([N+](=O)[O-])c1[O-].[Cr+3].[Na+].[Na+].[Na+]. The van der Waals surface area contributed by atoms with Crippen molar-refractivity contribution in [2.75, 3.05) is 20.9 Å². The maximum atomic E-state index is 12.9. The summed E-state index contributed by atoms with van der Waals surface area (Å²) in [5.74, 6) is -8.72. The second kappa shape index (κ2) is 32.5. The summed E-state index contributed by atoms with van der Waals surface area (Å²) < 4.78 is 124. The molecule has 1 radical (unpaired) electrons. The summed E-state index contributed by atoms with van der Waals surface area (Å²) in [6.45, 7) is 0. The number of hydrogen-bond donors (Lipinski definition) is 6. The van der Waals surface area contributed by atoms with Gasteiger partial charge in [-0.05, 0) is 83.6 Å². The van der Waals surface area contributed by atoms with E-state index in [0.717, 1.165) is 10.8 Å². The Balaban J connectivity index is 0.000000340. The number of nitrogens with zero attached hydrogens (tertiary/aromatic N) is 14. The van der Waals surface area contributed by atoms with Crippen LogP contribution in [-0.2, 0) is 57.6 Å². The first-order valence-electron chi connectivity index (χ1n) is 25.2. The summed E-state index contributed by atoms with van der Waals surface area (Å²) in [6.07, 6.45) is 0. The van der Waals surface area contributed by atoms with Crippen LogP contribution in [0.1, 0.15) is 0 Å². The van der Waals surface area contributed by atoms with Crippen LogP contribution in [0.15, 0.2) is 206 Å². The standard InChI is InChI=1S/2C26H19N9O10S2.Cr.3Na/c2*27-24-22(33-31-18-11-16(47(43,44)45)12-19(23(18)37)35(39)40)25(38)29-26(28-24)34-46(41,42)15-8-6-14(7-9-15)30-32-21-17-4-2-1-3-13(17)5-10-20(21)36;;;;/h2*1-12,36-37H,(H,43,44,45)(H4,27,28,29,34,38);;;;/q;;+3;3*+1/p-6. The van der Waals surface area contributed by atoms with E-state index in [1.165, 1.54) is 60.7 Å². The van der Waals surface area contributed by atoms with Crippen LogP contribution in [0.3, 0.4) is 0 Å². The molecule has 98 heavy (non-hydrogen) atoms. The van der Waals surface area contributed by atoms with E-state index < -0.39 is 141 Å². The molecule has 2 aromatic heterocycles. The third-order valence-electron chi connectivity index (χ3n) is 12.3. The predicted molar refractivity (Wildman–Crippen MR) is 315 cm³/mol. The Kier molecular flexibility index (Phi) is 26.4. The molecule has 8 aromatic carbocycles. The number of aromatic nitrogens is 4. The number of rotatable bonds is 18. The molecule has 0 aliphatic rings. The Hall–Kier alpha value is -9.11. The fourth-order valence-corrected chi connectivity index (χ4v) is 10.8. The zero-order valence-corrected chi connectivity index (χ0v) is 60.1. The topological polar surface area (TPSA) is 628 Å². The van der Waals surface area contributed by atoms with Gasteiger partial charge in [0, 0.05) is 46.2 Å². The smallest absolute Gasteiger partial charge is 0.866 e. The summed E-state index contributed by atoms with van der Waals surface area (Å²) in [4.78, 5) is 30.9. The minimum Gasteiger partial charge on any atom is -0.866 e. The zero-order valence-electron chi connectivity index (χ0n) is 49.6. The first-order chi connectivity index (χ1) is 44.3. The second-order valence-corrected chi connectivity index (χ2v) is 24.6. The van der Waals surface area contributed by atoms with Crippen molar-refractivity contribution in [1.82, 2.24) is 19.9 Å². The summed E-state index contributed by atoms with van der Waals surface area (Å²) in [6, 6.07) is 32.0. The quantitative estimate of drug-likeness (QED) is 0.0178. The van der Waals surface area contributed by atoms with Crippen LogP contribution in [0.5, 0.6) is 34.8 Å². The predicted octanol–water partition coefficient (Wildman–Crippen LogP) is -1.97. The number of benzene rings is 8. The van der Waals surface area contributed by atoms with Crippen molar-refractivity contribution in [3.8, 4) is 34.8 Å². The van der Waals surface area contributed by atoms with Crippen LogP contribution in [0.25, 0.3) is 21.5 Å². The van der Waals surface area contributed by atoms with Gasteiger partial charge in [-0.2, -0.15) is 30.4 Å². The van der Waals surface area contributed by atoms with Gasteiger partial charge in [-0.15, -0.1) is 20.5 Å². The molecule has 0 unspecified atom stereocenters. The van der Waals surface area contributed by atoms with Gasteiger partial charge in [-0.3, -0.25) is 20.2 Å². The van der Waals surface area contributed by atoms with Gasteiger partial charge < -0.3 is 51.2 Å². The Morgan fingerprint density at radius 3 is 1.06 bits per heavy atom. The Morgan fingerprint density at radius 1 is 0.418 bits per heavy atom. The van der Waals surface area contributed by atoms with Crippen LogP contribution in [0.2, 0.25) is 0 Å². The fourth-order valence-electron chi connectivity index (χ4n) is 7.90. The van der Waals surface area contributed by atoms with Gasteiger partial charge in [0.05, 0.1) is 52.2 Å². The number of azo groups is 4. The number of phenolic OH excluding ortho intramolecular Hbond substituents is 2. The molecule has 10 aromatic rings. The summed E-state index contributed by atoms with van der Waals surface area (Å²) >= 11 is 0. The Labute approximate surface area is 627 Å². The number of anilines is 4. The molecule has 0 atom stereocenters. The number of hydrogen-bond acceptors (Lipinski definition) is 34. The van der Waals surface area contributed by atoms with Crippen molar-refractivity contribution in [2.45, 2.75) is 19.6 Å². The molecular weight excluding hydrogens is 1450 g/mol. The van der Waals surface area contributed by atoms with E-state index in [1.807, 2.05) is 33.7 Å². The van der Waals surface area contributed by atoms with Crippen LogP contribution < -0.4 is 130 Å².